The maximum atomic E-state index is 12.9. The van der Waals surface area contributed by atoms with Gasteiger partial charge >= 0.3 is 0 Å². The number of rotatable bonds is 5. The van der Waals surface area contributed by atoms with E-state index in [1.807, 2.05) is 0 Å². The summed E-state index contributed by atoms with van der Waals surface area (Å²) >= 11 is 5.76. The number of non-ortho nitro benzene ring substituents is 1. The van der Waals surface area contributed by atoms with Crippen LogP contribution in [0.25, 0.3) is 0 Å². The molecule has 9 heteroatoms. The zero-order valence-electron chi connectivity index (χ0n) is 12.0. The van der Waals surface area contributed by atoms with Crippen LogP contribution in [0.15, 0.2) is 36.4 Å². The quantitative estimate of drug-likeness (QED) is 0.658. The molecular formula is C15H9ClFN3O4. The molecule has 0 fully saturated rings. The molecule has 122 valence electrons. The fourth-order valence-corrected chi connectivity index (χ4v) is 1.99. The van der Waals surface area contributed by atoms with Crippen LogP contribution in [0.4, 0.5) is 15.8 Å². The van der Waals surface area contributed by atoms with Crippen molar-refractivity contribution in [1.82, 2.24) is 0 Å². The number of nitro groups is 1. The molecule has 2 aromatic rings. The molecule has 0 saturated carbocycles. The van der Waals surface area contributed by atoms with Crippen LogP contribution in [0.3, 0.4) is 0 Å². The highest BCUT2D eigenvalue weighted by atomic mass is 35.5. The number of carbonyl (C=O) groups is 1. The highest BCUT2D eigenvalue weighted by molar-refractivity contribution is 6.32. The van der Waals surface area contributed by atoms with Gasteiger partial charge in [0, 0.05) is 12.1 Å². The van der Waals surface area contributed by atoms with Gasteiger partial charge in [-0.2, -0.15) is 5.26 Å². The Morgan fingerprint density at radius 2 is 2.12 bits per heavy atom. The molecule has 7 nitrogen and oxygen atoms in total. The van der Waals surface area contributed by atoms with Gasteiger partial charge in [-0.25, -0.2) is 4.39 Å². The molecule has 1 N–H and O–H groups in total. The van der Waals surface area contributed by atoms with Gasteiger partial charge in [-0.1, -0.05) is 11.6 Å². The number of hydrogen-bond donors (Lipinski definition) is 1. The Kier molecular flexibility index (Phi) is 5.29. The van der Waals surface area contributed by atoms with Crippen molar-refractivity contribution >= 4 is 28.9 Å². The zero-order chi connectivity index (χ0) is 17.7. The number of halogens is 2. The van der Waals surface area contributed by atoms with Gasteiger partial charge in [-0.05, 0) is 24.3 Å². The Balaban J connectivity index is 2.04. The van der Waals surface area contributed by atoms with E-state index in [0.717, 1.165) is 24.3 Å². The maximum absolute atomic E-state index is 12.9. The van der Waals surface area contributed by atoms with Gasteiger partial charge in [-0.3, -0.25) is 14.9 Å². The van der Waals surface area contributed by atoms with E-state index < -0.39 is 23.3 Å². The minimum Gasteiger partial charge on any atom is -0.482 e. The molecule has 24 heavy (non-hydrogen) atoms. The summed E-state index contributed by atoms with van der Waals surface area (Å²) in [4.78, 5) is 21.9. The summed E-state index contributed by atoms with van der Waals surface area (Å²) in [6, 6.07) is 8.67. The molecule has 0 aromatic heterocycles. The monoisotopic (exact) mass is 349 g/mol. The number of anilines is 1. The largest absolute Gasteiger partial charge is 0.482 e. The van der Waals surface area contributed by atoms with Crippen LogP contribution < -0.4 is 10.1 Å². The van der Waals surface area contributed by atoms with Gasteiger partial charge in [0.2, 0.25) is 0 Å². The highest BCUT2D eigenvalue weighted by Crippen LogP contribution is 2.25. The predicted molar refractivity (Wildman–Crippen MR) is 83.3 cm³/mol. The van der Waals surface area contributed by atoms with Crippen molar-refractivity contribution in [2.45, 2.75) is 0 Å². The second kappa shape index (κ2) is 7.39. The molecule has 0 unspecified atom stereocenters. The number of ether oxygens (including phenoxy) is 1. The number of nitrogens with zero attached hydrogens (tertiary/aromatic N) is 2. The topological polar surface area (TPSA) is 105 Å². The van der Waals surface area contributed by atoms with E-state index in [1.54, 1.807) is 6.07 Å². The summed E-state index contributed by atoms with van der Waals surface area (Å²) in [6.45, 7) is -0.437. The molecule has 0 spiro atoms. The molecule has 2 aromatic carbocycles. The third kappa shape index (κ3) is 4.18. The molecule has 2 rings (SSSR count). The second-order valence-corrected chi connectivity index (χ2v) is 4.92. The summed E-state index contributed by atoms with van der Waals surface area (Å²) < 4.78 is 18.1. The number of hydrogen-bond acceptors (Lipinski definition) is 5. The van der Waals surface area contributed by atoms with Gasteiger partial charge in [0.05, 0.1) is 21.2 Å². The number of nitriles is 1. The van der Waals surface area contributed by atoms with Crippen LogP contribution >= 0.6 is 11.6 Å². The van der Waals surface area contributed by atoms with Crippen molar-refractivity contribution in [3.8, 4) is 11.8 Å². The first kappa shape index (κ1) is 17.2. The molecule has 0 heterocycles. The number of carbonyl (C=O) groups excluding carboxylic acids is 1. The first-order chi connectivity index (χ1) is 11.4. The standard InChI is InChI=1S/C15H9ClFN3O4/c16-12-6-10(17)1-4-14(12)24-8-15(21)19-13-3-2-11(20(22)23)5-9(13)7-18/h1-6H,8H2,(H,19,21). The van der Waals surface area contributed by atoms with Crippen molar-refractivity contribution in [3.63, 3.8) is 0 Å². The molecule has 0 aliphatic carbocycles. The lowest BCUT2D eigenvalue weighted by molar-refractivity contribution is -0.384. The van der Waals surface area contributed by atoms with Gasteiger partial charge in [0.1, 0.15) is 17.6 Å². The van der Waals surface area contributed by atoms with E-state index >= 15 is 0 Å². The Hall–Kier alpha value is -3.18. The molecule has 1 amide bonds. The fraction of sp³-hybridized carbons (Fsp3) is 0.0667. The third-order valence-corrected chi connectivity index (χ3v) is 3.16. The fourth-order valence-electron chi connectivity index (χ4n) is 1.77. The molecule has 0 radical (unpaired) electrons. The number of nitro benzene ring substituents is 1. The Morgan fingerprint density at radius 1 is 1.38 bits per heavy atom. The lowest BCUT2D eigenvalue weighted by atomic mass is 10.1. The smallest absolute Gasteiger partial charge is 0.270 e. The van der Waals surface area contributed by atoms with Crippen LogP contribution in [0.2, 0.25) is 5.02 Å². The summed E-state index contributed by atoms with van der Waals surface area (Å²) in [6.07, 6.45) is 0. The molecular weight excluding hydrogens is 341 g/mol. The van der Waals surface area contributed by atoms with Gasteiger partial charge in [0.15, 0.2) is 6.61 Å². The molecule has 0 aliphatic rings. The minimum absolute atomic E-state index is 0.0100. The van der Waals surface area contributed by atoms with Crippen molar-refractivity contribution in [1.29, 1.82) is 5.26 Å². The normalized spacial score (nSPS) is 9.88. The average Bonchev–Trinajstić information content (AvgIpc) is 2.54. The van der Waals surface area contributed by atoms with Crippen LogP contribution in [-0.2, 0) is 4.79 Å². The van der Waals surface area contributed by atoms with Gasteiger partial charge in [-0.15, -0.1) is 0 Å². The van der Waals surface area contributed by atoms with E-state index in [2.05, 4.69) is 5.32 Å². The van der Waals surface area contributed by atoms with Crippen molar-refractivity contribution in [2.75, 3.05) is 11.9 Å². The minimum atomic E-state index is -0.647. The first-order valence-electron chi connectivity index (χ1n) is 6.47. The lowest BCUT2D eigenvalue weighted by Crippen LogP contribution is -2.20. The summed E-state index contributed by atoms with van der Waals surface area (Å²) in [7, 11) is 0. The highest BCUT2D eigenvalue weighted by Gasteiger charge is 2.13. The van der Waals surface area contributed by atoms with Gasteiger partial charge < -0.3 is 10.1 Å². The zero-order valence-corrected chi connectivity index (χ0v) is 12.7. The number of benzene rings is 2. The van der Waals surface area contributed by atoms with Gasteiger partial charge in [0.25, 0.3) is 11.6 Å². The molecule has 0 aliphatic heterocycles. The van der Waals surface area contributed by atoms with Crippen LogP contribution in [-0.4, -0.2) is 17.4 Å². The Morgan fingerprint density at radius 3 is 2.75 bits per heavy atom. The maximum Gasteiger partial charge on any atom is 0.270 e. The van der Waals surface area contributed by atoms with Crippen LogP contribution in [0.1, 0.15) is 5.56 Å². The Labute approximate surface area is 140 Å². The van der Waals surface area contributed by atoms with Crippen molar-refractivity contribution in [3.05, 3.63) is 62.9 Å². The molecule has 0 saturated heterocycles. The van der Waals surface area contributed by atoms with E-state index in [-0.39, 0.29) is 27.7 Å². The van der Waals surface area contributed by atoms with E-state index in [9.17, 15) is 19.3 Å². The number of nitrogens with one attached hydrogen (secondary N) is 1. The lowest BCUT2D eigenvalue weighted by Gasteiger charge is -2.09. The first-order valence-corrected chi connectivity index (χ1v) is 6.84. The second-order valence-electron chi connectivity index (χ2n) is 4.51. The van der Waals surface area contributed by atoms with Crippen LogP contribution in [0, 0.1) is 27.3 Å². The van der Waals surface area contributed by atoms with E-state index in [4.69, 9.17) is 21.6 Å². The molecule has 0 bridgehead atoms. The SMILES string of the molecule is N#Cc1cc([N+](=O)[O-])ccc1NC(=O)COc1ccc(F)cc1Cl. The van der Waals surface area contributed by atoms with E-state index in [1.165, 1.54) is 12.1 Å². The molecule has 0 atom stereocenters. The van der Waals surface area contributed by atoms with Crippen molar-refractivity contribution < 1.29 is 18.8 Å². The Bertz CT molecular complexity index is 851. The van der Waals surface area contributed by atoms with Crippen LogP contribution in [0.5, 0.6) is 5.75 Å². The van der Waals surface area contributed by atoms with E-state index in [0.29, 0.717) is 0 Å². The predicted octanol–water partition coefficient (Wildman–Crippen LogP) is 3.28. The average molecular weight is 350 g/mol. The van der Waals surface area contributed by atoms with Crippen molar-refractivity contribution in [2.24, 2.45) is 0 Å². The summed E-state index contributed by atoms with van der Waals surface area (Å²) in [5.41, 5.74) is -0.210. The third-order valence-electron chi connectivity index (χ3n) is 2.86. The number of amides is 1. The summed E-state index contributed by atoms with van der Waals surface area (Å²) in [5, 5.41) is 22.1. The summed E-state index contributed by atoms with van der Waals surface area (Å²) in [5.74, 6) is -1.03.